The summed E-state index contributed by atoms with van der Waals surface area (Å²) in [6, 6.07) is 9.27. The first-order valence-electron chi connectivity index (χ1n) is 8.94. The van der Waals surface area contributed by atoms with E-state index >= 15 is 0 Å². The van der Waals surface area contributed by atoms with E-state index in [1.807, 2.05) is 32.0 Å². The standard InChI is InChI=1S/C20H22N4O3/c1-4-5-15-6-8-16(9-7-15)17(25)12-27-19(26)11-18-22-20-21-13(2)10-14(3)24(20)23-18/h6-10H,4-5,11-12H2,1-3H3. The first-order valence-corrected chi connectivity index (χ1v) is 8.94. The molecule has 0 N–H and O–H groups in total. The van der Waals surface area contributed by atoms with Crippen LogP contribution in [0.15, 0.2) is 30.3 Å². The van der Waals surface area contributed by atoms with Crippen molar-refractivity contribution in [2.45, 2.75) is 40.0 Å². The molecule has 27 heavy (non-hydrogen) atoms. The lowest BCUT2D eigenvalue weighted by Gasteiger charge is -2.04. The van der Waals surface area contributed by atoms with Gasteiger partial charge in [0.1, 0.15) is 6.42 Å². The fourth-order valence-electron chi connectivity index (χ4n) is 2.84. The number of carbonyl (C=O) groups excluding carboxylic acids is 2. The van der Waals surface area contributed by atoms with Gasteiger partial charge >= 0.3 is 5.97 Å². The highest BCUT2D eigenvalue weighted by atomic mass is 16.5. The lowest BCUT2D eigenvalue weighted by Crippen LogP contribution is -2.16. The molecule has 0 saturated carbocycles. The predicted molar refractivity (Wildman–Crippen MR) is 99.7 cm³/mol. The van der Waals surface area contributed by atoms with Gasteiger partial charge in [-0.2, -0.15) is 4.98 Å². The number of hydrogen-bond acceptors (Lipinski definition) is 6. The Hall–Kier alpha value is -3.09. The Kier molecular flexibility index (Phi) is 5.59. The predicted octanol–water partition coefficient (Wildman–Crippen LogP) is 2.66. The average Bonchev–Trinajstić information content (AvgIpc) is 3.03. The number of aryl methyl sites for hydroxylation is 3. The SMILES string of the molecule is CCCc1ccc(C(=O)COC(=O)Cc2nc3nc(C)cc(C)n3n2)cc1. The van der Waals surface area contributed by atoms with Crippen molar-refractivity contribution < 1.29 is 14.3 Å². The van der Waals surface area contributed by atoms with Crippen molar-refractivity contribution >= 4 is 17.5 Å². The molecule has 7 nitrogen and oxygen atoms in total. The number of esters is 1. The van der Waals surface area contributed by atoms with Crippen molar-refractivity contribution in [2.75, 3.05) is 6.61 Å². The van der Waals surface area contributed by atoms with Crippen LogP contribution in [0, 0.1) is 13.8 Å². The second kappa shape index (κ2) is 8.07. The van der Waals surface area contributed by atoms with Crippen LogP contribution >= 0.6 is 0 Å². The van der Waals surface area contributed by atoms with Gasteiger partial charge < -0.3 is 4.74 Å². The molecule has 7 heteroatoms. The fraction of sp³-hybridized carbons (Fsp3) is 0.350. The molecule has 0 radical (unpaired) electrons. The summed E-state index contributed by atoms with van der Waals surface area (Å²) in [7, 11) is 0. The van der Waals surface area contributed by atoms with Crippen LogP contribution in [0.2, 0.25) is 0 Å². The summed E-state index contributed by atoms with van der Waals surface area (Å²) in [5, 5.41) is 4.26. The first kappa shape index (κ1) is 18.7. The molecule has 0 bridgehead atoms. The van der Waals surface area contributed by atoms with Crippen molar-refractivity contribution in [3.8, 4) is 0 Å². The number of aromatic nitrogens is 4. The second-order valence-corrected chi connectivity index (χ2v) is 6.49. The van der Waals surface area contributed by atoms with Crippen molar-refractivity contribution in [3.05, 3.63) is 58.7 Å². The Balaban J connectivity index is 1.57. The molecule has 0 aliphatic carbocycles. The van der Waals surface area contributed by atoms with Gasteiger partial charge in [-0.25, -0.2) is 9.50 Å². The molecule has 140 valence electrons. The Morgan fingerprint density at radius 2 is 1.85 bits per heavy atom. The van der Waals surface area contributed by atoms with E-state index in [1.165, 1.54) is 5.56 Å². The number of hydrogen-bond donors (Lipinski definition) is 0. The molecule has 3 aromatic rings. The minimum atomic E-state index is -0.545. The molecule has 0 atom stereocenters. The van der Waals surface area contributed by atoms with E-state index in [9.17, 15) is 9.59 Å². The third kappa shape index (κ3) is 4.55. The molecule has 1 aromatic carbocycles. The summed E-state index contributed by atoms with van der Waals surface area (Å²) >= 11 is 0. The molecular formula is C20H22N4O3. The molecule has 0 aliphatic rings. The van der Waals surface area contributed by atoms with Gasteiger partial charge in [0.2, 0.25) is 0 Å². The zero-order chi connectivity index (χ0) is 19.4. The van der Waals surface area contributed by atoms with Crippen molar-refractivity contribution in [1.29, 1.82) is 0 Å². The van der Waals surface area contributed by atoms with E-state index in [0.29, 0.717) is 17.2 Å². The maximum atomic E-state index is 12.2. The summed E-state index contributed by atoms with van der Waals surface area (Å²) in [6.45, 7) is 5.57. The lowest BCUT2D eigenvalue weighted by molar-refractivity contribution is -0.141. The van der Waals surface area contributed by atoms with Crippen LogP contribution in [-0.2, 0) is 22.4 Å². The normalized spacial score (nSPS) is 10.9. The second-order valence-electron chi connectivity index (χ2n) is 6.49. The lowest BCUT2D eigenvalue weighted by atomic mass is 10.1. The number of fused-ring (bicyclic) bond motifs is 1. The Morgan fingerprint density at radius 3 is 2.56 bits per heavy atom. The number of carbonyl (C=O) groups is 2. The Bertz CT molecular complexity index is 977. The number of ether oxygens (including phenoxy) is 1. The van der Waals surface area contributed by atoms with E-state index < -0.39 is 5.97 Å². The molecule has 0 unspecified atom stereocenters. The summed E-state index contributed by atoms with van der Waals surface area (Å²) in [4.78, 5) is 32.7. The third-order valence-electron chi connectivity index (χ3n) is 4.14. The highest BCUT2D eigenvalue weighted by molar-refractivity contribution is 5.98. The minimum absolute atomic E-state index is 0.107. The minimum Gasteiger partial charge on any atom is -0.457 e. The number of rotatable bonds is 7. The van der Waals surface area contributed by atoms with Gasteiger partial charge in [0.25, 0.3) is 5.78 Å². The number of ketones is 1. The monoisotopic (exact) mass is 366 g/mol. The third-order valence-corrected chi connectivity index (χ3v) is 4.14. The van der Waals surface area contributed by atoms with Gasteiger partial charge in [0.15, 0.2) is 18.2 Å². The molecule has 0 aliphatic heterocycles. The quantitative estimate of drug-likeness (QED) is 0.472. The molecule has 0 fully saturated rings. The molecule has 3 rings (SSSR count). The molecule has 0 spiro atoms. The Morgan fingerprint density at radius 1 is 1.11 bits per heavy atom. The highest BCUT2D eigenvalue weighted by Gasteiger charge is 2.15. The summed E-state index contributed by atoms with van der Waals surface area (Å²) < 4.78 is 6.67. The van der Waals surface area contributed by atoms with Crippen molar-refractivity contribution in [1.82, 2.24) is 19.6 Å². The van der Waals surface area contributed by atoms with Crippen LogP contribution in [0.3, 0.4) is 0 Å². The van der Waals surface area contributed by atoms with Gasteiger partial charge in [-0.15, -0.1) is 5.10 Å². The van der Waals surface area contributed by atoms with Crippen LogP contribution in [-0.4, -0.2) is 37.9 Å². The zero-order valence-corrected chi connectivity index (χ0v) is 15.7. The van der Waals surface area contributed by atoms with E-state index in [4.69, 9.17) is 4.74 Å². The maximum Gasteiger partial charge on any atom is 0.314 e. The molecule has 2 aromatic heterocycles. The van der Waals surface area contributed by atoms with Crippen LogP contribution in [0.5, 0.6) is 0 Å². The van der Waals surface area contributed by atoms with Crippen LogP contribution in [0.25, 0.3) is 5.78 Å². The highest BCUT2D eigenvalue weighted by Crippen LogP contribution is 2.09. The first-order chi connectivity index (χ1) is 13.0. The summed E-state index contributed by atoms with van der Waals surface area (Å²) in [5.41, 5.74) is 3.43. The van der Waals surface area contributed by atoms with Crippen molar-refractivity contribution in [2.24, 2.45) is 0 Å². The summed E-state index contributed by atoms with van der Waals surface area (Å²) in [5.74, 6) is -0.0187. The fourth-order valence-corrected chi connectivity index (χ4v) is 2.84. The number of nitrogens with zero attached hydrogens (tertiary/aromatic N) is 4. The van der Waals surface area contributed by atoms with E-state index in [0.717, 1.165) is 24.2 Å². The topological polar surface area (TPSA) is 86.5 Å². The largest absolute Gasteiger partial charge is 0.457 e. The van der Waals surface area contributed by atoms with E-state index in [1.54, 1.807) is 16.6 Å². The van der Waals surface area contributed by atoms with Crippen LogP contribution in [0.4, 0.5) is 0 Å². The van der Waals surface area contributed by atoms with Crippen LogP contribution < -0.4 is 0 Å². The molecular weight excluding hydrogens is 344 g/mol. The molecule has 2 heterocycles. The van der Waals surface area contributed by atoms with Gasteiger partial charge in [-0.05, 0) is 31.9 Å². The van der Waals surface area contributed by atoms with E-state index in [-0.39, 0.29) is 18.8 Å². The smallest absolute Gasteiger partial charge is 0.314 e. The molecule has 0 amide bonds. The van der Waals surface area contributed by atoms with Gasteiger partial charge in [0, 0.05) is 17.0 Å². The van der Waals surface area contributed by atoms with Gasteiger partial charge in [-0.1, -0.05) is 37.6 Å². The molecule has 0 saturated heterocycles. The number of benzene rings is 1. The zero-order valence-electron chi connectivity index (χ0n) is 15.7. The summed E-state index contributed by atoms with van der Waals surface area (Å²) in [6.07, 6.45) is 1.92. The maximum absolute atomic E-state index is 12.2. The average molecular weight is 366 g/mol. The van der Waals surface area contributed by atoms with Gasteiger partial charge in [-0.3, -0.25) is 9.59 Å². The Labute approximate surface area is 157 Å². The van der Waals surface area contributed by atoms with Crippen LogP contribution in [0.1, 0.15) is 46.5 Å². The van der Waals surface area contributed by atoms with E-state index in [2.05, 4.69) is 22.0 Å². The number of Topliss-reactive ketones (excluding diaryl/α,β-unsaturated/α-hetero) is 1. The van der Waals surface area contributed by atoms with Crippen molar-refractivity contribution in [3.63, 3.8) is 0 Å². The van der Waals surface area contributed by atoms with Gasteiger partial charge in [0.05, 0.1) is 0 Å².